The van der Waals surface area contributed by atoms with Crippen molar-refractivity contribution >= 4 is 5.97 Å². The zero-order chi connectivity index (χ0) is 12.1. The van der Waals surface area contributed by atoms with Gasteiger partial charge in [0.05, 0.1) is 7.11 Å². The molecule has 3 heteroatoms. The summed E-state index contributed by atoms with van der Waals surface area (Å²) in [5, 5.41) is 3.14. The van der Waals surface area contributed by atoms with Crippen LogP contribution in [0.25, 0.3) is 0 Å². The average molecular weight is 233 g/mol. The predicted molar refractivity (Wildman–Crippen MR) is 66.7 cm³/mol. The Balaban J connectivity index is 1.58. The van der Waals surface area contributed by atoms with Gasteiger partial charge in [-0.15, -0.1) is 0 Å². The molecule has 0 unspecified atom stereocenters. The maximum Gasteiger partial charge on any atom is 0.324 e. The molecule has 1 saturated heterocycles. The van der Waals surface area contributed by atoms with Crippen LogP contribution in [0.2, 0.25) is 0 Å². The number of methoxy groups -OCH3 is 1. The Kier molecular flexibility index (Phi) is 4.15. The zero-order valence-corrected chi connectivity index (χ0v) is 10.2. The van der Waals surface area contributed by atoms with Gasteiger partial charge in [0.25, 0.3) is 0 Å². The van der Waals surface area contributed by atoms with Crippen molar-refractivity contribution in [3.63, 3.8) is 0 Å². The Morgan fingerprint density at radius 1 is 1.29 bits per heavy atom. The van der Waals surface area contributed by atoms with Crippen LogP contribution in [-0.2, 0) is 16.0 Å². The number of nitrogens with one attached hydrogen (secondary N) is 1. The smallest absolute Gasteiger partial charge is 0.324 e. The number of aryl methyl sites for hydroxylation is 1. The van der Waals surface area contributed by atoms with E-state index in [1.165, 1.54) is 19.1 Å². The molecule has 1 aliphatic rings. The second-order valence-corrected chi connectivity index (χ2v) is 4.51. The molecule has 3 nitrogen and oxygen atoms in total. The number of unbranched alkanes of at least 4 members (excludes halogenated alkanes) is 1. The predicted octanol–water partition coefficient (Wildman–Crippen LogP) is 1.91. The summed E-state index contributed by atoms with van der Waals surface area (Å²) in [5.41, 5.74) is 1.39. The highest BCUT2D eigenvalue weighted by Crippen LogP contribution is 2.19. The number of carbonyl (C=O) groups excluding carboxylic acids is 1. The van der Waals surface area contributed by atoms with Crippen LogP contribution < -0.4 is 5.32 Å². The highest BCUT2D eigenvalue weighted by Gasteiger charge is 2.42. The number of benzene rings is 1. The summed E-state index contributed by atoms with van der Waals surface area (Å²) in [6.45, 7) is 0. The molecule has 1 heterocycles. The molecule has 0 saturated carbocycles. The standard InChI is InChI=1S/C14H19NO2/c1-17-14(16)13-12(15-13)10-6-5-9-11-7-3-2-4-8-11/h2-4,7-8,12-13,15H,5-6,9-10H2,1H3/t12-,13-/m0/s1. The lowest BCUT2D eigenvalue weighted by molar-refractivity contribution is -0.140. The molecule has 2 atom stereocenters. The van der Waals surface area contributed by atoms with Gasteiger partial charge in [-0.05, 0) is 24.8 Å². The first-order valence-corrected chi connectivity index (χ1v) is 6.19. The quantitative estimate of drug-likeness (QED) is 0.464. The summed E-state index contributed by atoms with van der Waals surface area (Å²) < 4.78 is 4.68. The second kappa shape index (κ2) is 5.82. The van der Waals surface area contributed by atoms with Gasteiger partial charge in [0, 0.05) is 6.04 Å². The number of carbonyl (C=O) groups is 1. The van der Waals surface area contributed by atoms with Gasteiger partial charge >= 0.3 is 5.97 Å². The van der Waals surface area contributed by atoms with Crippen molar-refractivity contribution in [3.8, 4) is 0 Å². The number of hydrogen-bond acceptors (Lipinski definition) is 3. The van der Waals surface area contributed by atoms with Gasteiger partial charge in [0.15, 0.2) is 0 Å². The Morgan fingerprint density at radius 2 is 2.06 bits per heavy atom. The van der Waals surface area contributed by atoms with Gasteiger partial charge in [-0.3, -0.25) is 10.1 Å². The SMILES string of the molecule is COC(=O)[C@H]1N[C@H]1CCCCc1ccccc1. The third kappa shape index (κ3) is 3.56. The minimum absolute atomic E-state index is 0.0447. The van der Waals surface area contributed by atoms with Crippen molar-refractivity contribution in [1.29, 1.82) is 0 Å². The van der Waals surface area contributed by atoms with E-state index in [2.05, 4.69) is 34.3 Å². The first kappa shape index (κ1) is 12.1. The summed E-state index contributed by atoms with van der Waals surface area (Å²) in [6.07, 6.45) is 4.51. The second-order valence-electron chi connectivity index (χ2n) is 4.51. The fourth-order valence-electron chi connectivity index (χ4n) is 2.12. The van der Waals surface area contributed by atoms with E-state index in [-0.39, 0.29) is 12.0 Å². The van der Waals surface area contributed by atoms with Crippen LogP contribution >= 0.6 is 0 Å². The molecule has 17 heavy (non-hydrogen) atoms. The lowest BCUT2D eigenvalue weighted by atomic mass is 10.1. The Morgan fingerprint density at radius 3 is 2.76 bits per heavy atom. The van der Waals surface area contributed by atoms with Crippen LogP contribution in [0.1, 0.15) is 24.8 Å². The van der Waals surface area contributed by atoms with Gasteiger partial charge in [0.2, 0.25) is 0 Å². The van der Waals surface area contributed by atoms with Crippen molar-refractivity contribution in [2.24, 2.45) is 0 Å². The highest BCUT2D eigenvalue weighted by molar-refractivity contribution is 5.80. The first-order valence-electron chi connectivity index (χ1n) is 6.19. The molecular formula is C14H19NO2. The van der Waals surface area contributed by atoms with Crippen LogP contribution in [0.15, 0.2) is 30.3 Å². The molecule has 0 spiro atoms. The maximum absolute atomic E-state index is 11.2. The molecule has 1 aliphatic heterocycles. The largest absolute Gasteiger partial charge is 0.468 e. The molecule has 0 amide bonds. The summed E-state index contributed by atoms with van der Waals surface area (Å²) in [5.74, 6) is -0.127. The molecular weight excluding hydrogens is 214 g/mol. The molecule has 0 aliphatic carbocycles. The summed E-state index contributed by atoms with van der Waals surface area (Å²) >= 11 is 0. The van der Waals surface area contributed by atoms with E-state index >= 15 is 0 Å². The molecule has 1 N–H and O–H groups in total. The van der Waals surface area contributed by atoms with Gasteiger partial charge in [-0.1, -0.05) is 36.8 Å². The number of ether oxygens (including phenoxy) is 1. The fraction of sp³-hybridized carbons (Fsp3) is 0.500. The van der Waals surface area contributed by atoms with E-state index < -0.39 is 0 Å². The monoisotopic (exact) mass is 233 g/mol. The summed E-state index contributed by atoms with van der Waals surface area (Å²) in [7, 11) is 1.44. The van der Waals surface area contributed by atoms with Crippen LogP contribution in [0, 0.1) is 0 Å². The molecule has 0 aromatic heterocycles. The zero-order valence-electron chi connectivity index (χ0n) is 10.2. The van der Waals surface area contributed by atoms with Crippen LogP contribution in [0.5, 0.6) is 0 Å². The summed E-state index contributed by atoms with van der Waals surface area (Å²) in [4.78, 5) is 11.2. The third-order valence-corrected chi connectivity index (χ3v) is 3.22. The van der Waals surface area contributed by atoms with Crippen molar-refractivity contribution < 1.29 is 9.53 Å². The third-order valence-electron chi connectivity index (χ3n) is 3.22. The molecule has 2 rings (SSSR count). The number of esters is 1. The summed E-state index contributed by atoms with van der Waals surface area (Å²) in [6, 6.07) is 10.8. The molecule has 0 radical (unpaired) electrons. The van der Waals surface area contributed by atoms with Gasteiger partial charge < -0.3 is 4.74 Å². The minimum atomic E-state index is -0.127. The Bertz CT molecular complexity index is 364. The van der Waals surface area contributed by atoms with E-state index in [1.807, 2.05) is 6.07 Å². The normalized spacial score (nSPS) is 22.2. The average Bonchev–Trinajstić information content (AvgIpc) is 3.14. The highest BCUT2D eigenvalue weighted by atomic mass is 16.5. The van der Waals surface area contributed by atoms with Crippen LogP contribution in [0.4, 0.5) is 0 Å². The minimum Gasteiger partial charge on any atom is -0.468 e. The first-order chi connectivity index (χ1) is 8.31. The molecule has 1 aromatic rings. The Labute approximate surface area is 102 Å². The van der Waals surface area contributed by atoms with Gasteiger partial charge in [0.1, 0.15) is 6.04 Å². The van der Waals surface area contributed by atoms with Gasteiger partial charge in [-0.25, -0.2) is 0 Å². The van der Waals surface area contributed by atoms with Crippen LogP contribution in [-0.4, -0.2) is 25.2 Å². The van der Waals surface area contributed by atoms with E-state index in [1.54, 1.807) is 0 Å². The molecule has 92 valence electrons. The van der Waals surface area contributed by atoms with E-state index in [4.69, 9.17) is 0 Å². The lowest BCUT2D eigenvalue weighted by Gasteiger charge is -2.00. The van der Waals surface area contributed by atoms with Crippen molar-refractivity contribution in [2.45, 2.75) is 37.8 Å². The number of hydrogen-bond donors (Lipinski definition) is 1. The fourth-order valence-corrected chi connectivity index (χ4v) is 2.12. The topological polar surface area (TPSA) is 48.2 Å². The Hall–Kier alpha value is -1.35. The number of rotatable bonds is 6. The van der Waals surface area contributed by atoms with Crippen LogP contribution in [0.3, 0.4) is 0 Å². The molecule has 1 fully saturated rings. The van der Waals surface area contributed by atoms with E-state index in [9.17, 15) is 4.79 Å². The van der Waals surface area contributed by atoms with Gasteiger partial charge in [-0.2, -0.15) is 0 Å². The van der Waals surface area contributed by atoms with Crippen molar-refractivity contribution in [1.82, 2.24) is 5.32 Å². The van der Waals surface area contributed by atoms with E-state index in [0.717, 1.165) is 19.3 Å². The van der Waals surface area contributed by atoms with Crippen molar-refractivity contribution in [3.05, 3.63) is 35.9 Å². The maximum atomic E-state index is 11.2. The lowest BCUT2D eigenvalue weighted by Crippen LogP contribution is -2.12. The van der Waals surface area contributed by atoms with E-state index in [0.29, 0.717) is 6.04 Å². The molecule has 0 bridgehead atoms. The van der Waals surface area contributed by atoms with Crippen molar-refractivity contribution in [2.75, 3.05) is 7.11 Å². The molecule has 1 aromatic carbocycles.